The van der Waals surface area contributed by atoms with Crippen molar-refractivity contribution in [2.75, 3.05) is 5.32 Å². The van der Waals surface area contributed by atoms with Crippen molar-refractivity contribution in [3.8, 4) is 0 Å². The topological polar surface area (TPSA) is 55.1 Å². The summed E-state index contributed by atoms with van der Waals surface area (Å²) in [4.78, 5) is 12.0. The molecule has 2 atom stereocenters. The van der Waals surface area contributed by atoms with Gasteiger partial charge in [-0.1, -0.05) is 12.8 Å². The molecular formula is C13H16F2N2O. The van der Waals surface area contributed by atoms with E-state index in [4.69, 9.17) is 5.73 Å². The molecule has 2 rings (SSSR count). The van der Waals surface area contributed by atoms with E-state index in [1.165, 1.54) is 6.07 Å². The molecule has 3 nitrogen and oxygen atoms in total. The third kappa shape index (κ3) is 2.85. The summed E-state index contributed by atoms with van der Waals surface area (Å²) in [6, 6.07) is 3.15. The van der Waals surface area contributed by atoms with E-state index < -0.39 is 11.6 Å². The number of anilines is 1. The van der Waals surface area contributed by atoms with Gasteiger partial charge < -0.3 is 11.1 Å². The normalized spacial score (nSPS) is 23.7. The number of amides is 1. The Morgan fingerprint density at radius 3 is 2.61 bits per heavy atom. The maximum atomic E-state index is 13.0. The number of hydrogen-bond donors (Lipinski definition) is 2. The Labute approximate surface area is 104 Å². The van der Waals surface area contributed by atoms with E-state index in [1.54, 1.807) is 0 Å². The Hall–Kier alpha value is -1.49. The van der Waals surface area contributed by atoms with Gasteiger partial charge in [0.05, 0.1) is 5.92 Å². The number of nitrogens with two attached hydrogens (primary N) is 1. The van der Waals surface area contributed by atoms with Crippen molar-refractivity contribution >= 4 is 11.6 Å². The number of nitrogens with one attached hydrogen (secondary N) is 1. The minimum absolute atomic E-state index is 0.149. The van der Waals surface area contributed by atoms with E-state index in [2.05, 4.69) is 5.32 Å². The molecule has 0 spiro atoms. The molecule has 0 bridgehead atoms. The highest BCUT2D eigenvalue weighted by molar-refractivity contribution is 5.93. The highest BCUT2D eigenvalue weighted by Crippen LogP contribution is 2.24. The number of halogens is 2. The number of carbonyl (C=O) groups is 1. The third-order valence-corrected chi connectivity index (χ3v) is 3.34. The smallest absolute Gasteiger partial charge is 0.229 e. The van der Waals surface area contributed by atoms with Gasteiger partial charge in [0.25, 0.3) is 0 Å². The Balaban J connectivity index is 2.04. The highest BCUT2D eigenvalue weighted by atomic mass is 19.2. The fourth-order valence-corrected chi connectivity index (χ4v) is 2.29. The minimum atomic E-state index is -0.972. The summed E-state index contributed by atoms with van der Waals surface area (Å²) in [6.07, 6.45) is 3.59. The number of carbonyl (C=O) groups excluding carboxylic acids is 1. The first-order valence-electron chi connectivity index (χ1n) is 6.09. The Kier molecular flexibility index (Phi) is 3.91. The predicted octanol–water partition coefficient (Wildman–Crippen LogP) is 2.42. The van der Waals surface area contributed by atoms with Crippen molar-refractivity contribution in [1.29, 1.82) is 0 Å². The molecule has 98 valence electrons. The molecule has 0 aromatic heterocycles. The second-order valence-corrected chi connectivity index (χ2v) is 4.67. The van der Waals surface area contributed by atoms with Crippen LogP contribution in [0.15, 0.2) is 18.2 Å². The van der Waals surface area contributed by atoms with Crippen LogP contribution in [0.3, 0.4) is 0 Å². The van der Waals surface area contributed by atoms with Gasteiger partial charge in [-0.25, -0.2) is 8.78 Å². The minimum Gasteiger partial charge on any atom is -0.327 e. The molecule has 1 aliphatic rings. The van der Waals surface area contributed by atoms with Gasteiger partial charge in [0.1, 0.15) is 0 Å². The maximum Gasteiger partial charge on any atom is 0.229 e. The first kappa shape index (κ1) is 13.0. The fourth-order valence-electron chi connectivity index (χ4n) is 2.29. The molecule has 0 heterocycles. The van der Waals surface area contributed by atoms with Crippen LogP contribution in [0.4, 0.5) is 14.5 Å². The molecule has 1 amide bonds. The summed E-state index contributed by atoms with van der Waals surface area (Å²) in [7, 11) is 0. The summed E-state index contributed by atoms with van der Waals surface area (Å²) < 4.78 is 25.7. The van der Waals surface area contributed by atoms with Crippen LogP contribution in [-0.2, 0) is 4.79 Å². The average molecular weight is 254 g/mol. The molecule has 0 saturated heterocycles. The van der Waals surface area contributed by atoms with Crippen molar-refractivity contribution < 1.29 is 13.6 Å². The molecule has 1 saturated carbocycles. The Morgan fingerprint density at radius 2 is 1.94 bits per heavy atom. The molecular weight excluding hydrogens is 238 g/mol. The van der Waals surface area contributed by atoms with Gasteiger partial charge in [0.2, 0.25) is 5.91 Å². The zero-order chi connectivity index (χ0) is 13.1. The molecule has 1 aromatic carbocycles. The van der Waals surface area contributed by atoms with E-state index in [0.29, 0.717) is 0 Å². The van der Waals surface area contributed by atoms with Crippen LogP contribution in [-0.4, -0.2) is 11.9 Å². The second kappa shape index (κ2) is 5.44. The van der Waals surface area contributed by atoms with Crippen molar-refractivity contribution in [3.63, 3.8) is 0 Å². The predicted molar refractivity (Wildman–Crippen MR) is 64.9 cm³/mol. The lowest BCUT2D eigenvalue weighted by molar-refractivity contribution is -0.121. The van der Waals surface area contributed by atoms with Crippen LogP contribution in [0.2, 0.25) is 0 Å². The molecule has 2 unspecified atom stereocenters. The molecule has 1 aromatic rings. The third-order valence-electron chi connectivity index (χ3n) is 3.34. The lowest BCUT2D eigenvalue weighted by atomic mass is 9.84. The summed E-state index contributed by atoms with van der Waals surface area (Å²) in [5.74, 6) is -2.36. The average Bonchev–Trinajstić information content (AvgIpc) is 2.34. The van der Waals surface area contributed by atoms with Crippen LogP contribution in [0.5, 0.6) is 0 Å². The van der Waals surface area contributed by atoms with Gasteiger partial charge >= 0.3 is 0 Å². The van der Waals surface area contributed by atoms with Gasteiger partial charge in [0, 0.05) is 17.8 Å². The van der Waals surface area contributed by atoms with Gasteiger partial charge in [-0.05, 0) is 25.0 Å². The van der Waals surface area contributed by atoms with E-state index in [-0.39, 0.29) is 23.6 Å². The van der Waals surface area contributed by atoms with Gasteiger partial charge in [-0.3, -0.25) is 4.79 Å². The van der Waals surface area contributed by atoms with Crippen LogP contribution in [0.1, 0.15) is 25.7 Å². The van der Waals surface area contributed by atoms with E-state index >= 15 is 0 Å². The van der Waals surface area contributed by atoms with Crippen LogP contribution < -0.4 is 11.1 Å². The van der Waals surface area contributed by atoms with Crippen molar-refractivity contribution in [3.05, 3.63) is 29.8 Å². The molecule has 0 radical (unpaired) electrons. The van der Waals surface area contributed by atoms with Gasteiger partial charge in [0.15, 0.2) is 11.6 Å². The maximum absolute atomic E-state index is 13.0. The zero-order valence-corrected chi connectivity index (χ0v) is 9.96. The summed E-state index contributed by atoms with van der Waals surface area (Å²) in [5.41, 5.74) is 6.15. The molecule has 18 heavy (non-hydrogen) atoms. The van der Waals surface area contributed by atoms with Gasteiger partial charge in [-0.2, -0.15) is 0 Å². The van der Waals surface area contributed by atoms with Crippen LogP contribution in [0.25, 0.3) is 0 Å². The van der Waals surface area contributed by atoms with Crippen molar-refractivity contribution in [2.24, 2.45) is 11.7 Å². The molecule has 5 heteroatoms. The quantitative estimate of drug-likeness (QED) is 0.851. The summed E-state index contributed by atoms with van der Waals surface area (Å²) in [6.45, 7) is 0. The number of benzene rings is 1. The molecule has 1 aliphatic carbocycles. The van der Waals surface area contributed by atoms with Crippen LogP contribution >= 0.6 is 0 Å². The second-order valence-electron chi connectivity index (χ2n) is 4.67. The lowest BCUT2D eigenvalue weighted by Gasteiger charge is -2.27. The van der Waals surface area contributed by atoms with Crippen molar-refractivity contribution in [1.82, 2.24) is 0 Å². The molecule has 3 N–H and O–H groups in total. The largest absolute Gasteiger partial charge is 0.327 e. The van der Waals surface area contributed by atoms with Crippen LogP contribution in [0, 0.1) is 17.6 Å². The highest BCUT2D eigenvalue weighted by Gasteiger charge is 2.28. The summed E-state index contributed by atoms with van der Waals surface area (Å²) in [5, 5.41) is 2.58. The first-order chi connectivity index (χ1) is 8.58. The molecule has 0 aliphatic heterocycles. The first-order valence-corrected chi connectivity index (χ1v) is 6.09. The van der Waals surface area contributed by atoms with Gasteiger partial charge in [-0.15, -0.1) is 0 Å². The number of hydrogen-bond acceptors (Lipinski definition) is 2. The monoisotopic (exact) mass is 254 g/mol. The van der Waals surface area contributed by atoms with E-state index in [1.807, 2.05) is 0 Å². The SMILES string of the molecule is NC1CCCCC1C(=O)Nc1ccc(F)c(F)c1. The lowest BCUT2D eigenvalue weighted by Crippen LogP contribution is -2.40. The zero-order valence-electron chi connectivity index (χ0n) is 9.96. The van der Waals surface area contributed by atoms with E-state index in [9.17, 15) is 13.6 Å². The Morgan fingerprint density at radius 1 is 1.22 bits per heavy atom. The Bertz CT molecular complexity index is 451. The summed E-state index contributed by atoms with van der Waals surface area (Å²) >= 11 is 0. The fraction of sp³-hybridized carbons (Fsp3) is 0.462. The van der Waals surface area contributed by atoms with E-state index in [0.717, 1.165) is 37.8 Å². The molecule has 1 fully saturated rings. The van der Waals surface area contributed by atoms with Crippen molar-refractivity contribution in [2.45, 2.75) is 31.7 Å². The standard InChI is InChI=1S/C13H16F2N2O/c14-10-6-5-8(7-11(10)15)17-13(18)9-3-1-2-4-12(9)16/h5-7,9,12H,1-4,16H2,(H,17,18). The number of rotatable bonds is 2.